The van der Waals surface area contributed by atoms with Gasteiger partial charge in [0.1, 0.15) is 73.1 Å². The maximum absolute atomic E-state index is 11.8. The molecule has 4 fully saturated rings. The Labute approximate surface area is 430 Å². The lowest BCUT2D eigenvalue weighted by molar-refractivity contribution is -0.115. The van der Waals surface area contributed by atoms with E-state index in [1.54, 1.807) is 0 Å². The first-order chi connectivity index (χ1) is 35.8. The summed E-state index contributed by atoms with van der Waals surface area (Å²) >= 11 is 0. The Morgan fingerprint density at radius 1 is 0.539 bits per heavy atom. The van der Waals surface area contributed by atoms with Crippen molar-refractivity contribution in [2.24, 2.45) is 0 Å². The van der Waals surface area contributed by atoms with Gasteiger partial charge in [-0.15, -0.1) is 0 Å². The summed E-state index contributed by atoms with van der Waals surface area (Å²) < 4.78 is 101. The minimum Gasteiger partial charge on any atom is -0.383 e. The monoisotopic (exact) mass is 1160 g/mol. The standard InChI is InChI=1S/C11H16N3O6P.C10H14N3O6P.C9H14N3O5P.C8H12N3O5P/c1-8(15)12-10-3-4-14(11(16)13-10)5-9-6-20-21(17,18-2)7-19-9;1-7(14)11-9-2-3-13(10(15)12-9)4-8-5-19-20(16,17)6-18-8;1-15-18(14)6-16-7(5-17-18)4-12-3-2-8(10)11-9(12)13;9-7-1-2-11(8(12)10-7)3-6-4-16-17(13,14)5-15-6/h3-4,9H,5-7H2,1-2H3,(H,12,13,15,16);2-3,8H,4-6H2,1H3,(H,16,17)(H,11,12,14,15);2-3,7H,4-6H2,1H3,(H2,10,11,13);1-2,6H,3-5H2,(H,13,14)(H2,9,10,12). The highest BCUT2D eigenvalue weighted by Crippen LogP contribution is 2.51. The summed E-state index contributed by atoms with van der Waals surface area (Å²) in [5.74, 6) is 0.0390. The summed E-state index contributed by atoms with van der Waals surface area (Å²) in [6.07, 6.45) is 3.18. The van der Waals surface area contributed by atoms with Crippen LogP contribution in [-0.2, 0) is 100 Å². The predicted molar refractivity (Wildman–Crippen MR) is 263 cm³/mol. The summed E-state index contributed by atoms with van der Waals surface area (Å²) in [5.41, 5.74) is 8.69. The number of carbonyl (C=O) groups excluding carboxylic acids is 2. The van der Waals surface area contributed by atoms with Crippen LogP contribution in [0.2, 0.25) is 0 Å². The Balaban J connectivity index is 0.000000188. The molecule has 38 heteroatoms. The molecule has 0 aliphatic carbocycles. The number of rotatable bonds is 12. The molecule has 8 N–H and O–H groups in total. The average molecular weight is 1160 g/mol. The van der Waals surface area contributed by atoms with Gasteiger partial charge in [-0.05, 0) is 24.3 Å². The van der Waals surface area contributed by atoms with Crippen LogP contribution in [0.5, 0.6) is 0 Å². The zero-order valence-electron chi connectivity index (χ0n) is 41.0. The summed E-state index contributed by atoms with van der Waals surface area (Å²) in [6, 6.07) is 5.99. The van der Waals surface area contributed by atoms with Crippen LogP contribution in [0.4, 0.5) is 23.3 Å². The van der Waals surface area contributed by atoms with Crippen LogP contribution in [0.1, 0.15) is 13.8 Å². The highest BCUT2D eigenvalue weighted by Gasteiger charge is 2.34. The predicted octanol–water partition coefficient (Wildman–Crippen LogP) is -0.404. The van der Waals surface area contributed by atoms with Crippen LogP contribution in [0.3, 0.4) is 0 Å². The van der Waals surface area contributed by atoms with Crippen molar-refractivity contribution in [3.8, 4) is 0 Å². The number of hydrogen-bond acceptors (Lipinski definition) is 26. The van der Waals surface area contributed by atoms with E-state index in [2.05, 4.69) is 30.6 Å². The SMILES string of the molecule is CC(=O)Nc1ccn(CC2COP(=O)(O)CO2)c(=O)n1.COP1(=O)COC(Cn2ccc(N)nc2=O)CO1.COP1(=O)COC(Cn2ccc(NC(C)=O)nc2=O)CO1.Nc1ccn(CC2COP(=O)(O)CO2)c(=O)n1. The third kappa shape index (κ3) is 20.1. The smallest absolute Gasteiger partial charge is 0.355 e. The second-order valence-corrected chi connectivity index (χ2v) is 23.9. The molecule has 4 aromatic heterocycles. The molecule has 4 aliphatic rings. The number of nitrogens with zero attached hydrogens (tertiary/aromatic N) is 8. The Hall–Kier alpha value is -5.50. The van der Waals surface area contributed by atoms with E-state index in [0.29, 0.717) is 0 Å². The van der Waals surface area contributed by atoms with Crippen molar-refractivity contribution >= 4 is 65.5 Å². The number of nitrogens with one attached hydrogen (secondary N) is 2. The number of carbonyl (C=O) groups is 2. The third-order valence-electron chi connectivity index (χ3n) is 10.0. The molecule has 4 aromatic rings. The maximum Gasteiger partial charge on any atom is 0.355 e. The van der Waals surface area contributed by atoms with E-state index in [0.717, 1.165) is 0 Å². The van der Waals surface area contributed by atoms with E-state index in [9.17, 15) is 47.0 Å². The minimum atomic E-state index is -3.64. The molecule has 0 aromatic carbocycles. The largest absolute Gasteiger partial charge is 0.383 e. The molecule has 4 saturated heterocycles. The third-order valence-corrected chi connectivity index (χ3v) is 15.2. The first kappa shape index (κ1) is 61.4. The zero-order valence-corrected chi connectivity index (χ0v) is 44.6. The van der Waals surface area contributed by atoms with Gasteiger partial charge in [-0.1, -0.05) is 0 Å². The van der Waals surface area contributed by atoms with Gasteiger partial charge in [-0.3, -0.25) is 46.1 Å². The lowest BCUT2D eigenvalue weighted by Gasteiger charge is -2.28. The fraction of sp³-hybridized carbons (Fsp3) is 0.526. The van der Waals surface area contributed by atoms with Gasteiger partial charge in [0.15, 0.2) is 0 Å². The van der Waals surface area contributed by atoms with Gasteiger partial charge in [-0.25, -0.2) is 19.2 Å². The Morgan fingerprint density at radius 2 is 0.829 bits per heavy atom. The molecule has 34 nitrogen and oxygen atoms in total. The lowest BCUT2D eigenvalue weighted by atomic mass is 10.3. The highest BCUT2D eigenvalue weighted by atomic mass is 31.2. The van der Waals surface area contributed by atoms with Crippen molar-refractivity contribution in [3.63, 3.8) is 0 Å². The molecular formula is C38H56N12O22P4. The molecule has 0 saturated carbocycles. The molecule has 4 aliphatic heterocycles. The van der Waals surface area contributed by atoms with Gasteiger partial charge >= 0.3 is 53.1 Å². The minimum absolute atomic E-state index is 0.0371. The molecule has 420 valence electrons. The van der Waals surface area contributed by atoms with Gasteiger partial charge in [0.05, 0.1) is 52.6 Å². The second-order valence-electron chi connectivity index (χ2n) is 16.1. The van der Waals surface area contributed by atoms with Crippen molar-refractivity contribution in [1.29, 1.82) is 0 Å². The van der Waals surface area contributed by atoms with E-state index in [1.165, 1.54) is 95.4 Å². The summed E-state index contributed by atoms with van der Waals surface area (Å²) in [7, 11) is -10.9. The molecule has 0 radical (unpaired) electrons. The van der Waals surface area contributed by atoms with Crippen molar-refractivity contribution in [3.05, 3.63) is 91.0 Å². The summed E-state index contributed by atoms with van der Waals surface area (Å²) in [5, 5.41) is 4.82. The van der Waals surface area contributed by atoms with Crippen molar-refractivity contribution in [2.75, 3.05) is 88.1 Å². The number of anilines is 4. The van der Waals surface area contributed by atoms with Gasteiger partial charge in [0, 0.05) is 52.9 Å². The van der Waals surface area contributed by atoms with Crippen LogP contribution >= 0.6 is 30.4 Å². The number of amides is 2. The lowest BCUT2D eigenvalue weighted by Crippen LogP contribution is -2.35. The first-order valence-corrected chi connectivity index (χ1v) is 29.1. The molecule has 0 spiro atoms. The van der Waals surface area contributed by atoms with Crippen LogP contribution in [0, 0.1) is 0 Å². The Morgan fingerprint density at radius 3 is 1.07 bits per heavy atom. The number of aromatic nitrogens is 8. The molecule has 76 heavy (non-hydrogen) atoms. The van der Waals surface area contributed by atoms with Crippen LogP contribution < -0.4 is 44.9 Å². The van der Waals surface area contributed by atoms with Gasteiger partial charge in [0.25, 0.3) is 0 Å². The van der Waals surface area contributed by atoms with Gasteiger partial charge in [-0.2, -0.15) is 19.9 Å². The normalized spacial score (nSPS) is 27.1. The van der Waals surface area contributed by atoms with Crippen LogP contribution in [0.15, 0.2) is 68.2 Å². The number of hydrogen-bond donors (Lipinski definition) is 6. The number of nitrogens with two attached hydrogens (primary N) is 2. The van der Waals surface area contributed by atoms with Crippen LogP contribution in [0.25, 0.3) is 0 Å². The Kier molecular flexibility index (Phi) is 22.4. The van der Waals surface area contributed by atoms with Gasteiger partial charge < -0.3 is 78.0 Å². The number of ether oxygens (including phenoxy) is 4. The van der Waals surface area contributed by atoms with E-state index >= 15 is 0 Å². The fourth-order valence-corrected chi connectivity index (χ4v) is 10.1. The topological polar surface area (TPSA) is 451 Å². The van der Waals surface area contributed by atoms with Crippen molar-refractivity contribution in [2.45, 2.75) is 64.4 Å². The maximum atomic E-state index is 11.8. The summed E-state index contributed by atoms with van der Waals surface area (Å²) in [4.78, 5) is 101. The Bertz CT molecular complexity index is 3060. The molecule has 8 heterocycles. The molecular weight excluding hydrogens is 1100 g/mol. The molecule has 8 atom stereocenters. The summed E-state index contributed by atoms with van der Waals surface area (Å²) in [6.45, 7) is 3.50. The molecule has 0 bridgehead atoms. The molecule has 2 amide bonds. The first-order valence-electron chi connectivity index (χ1n) is 22.1. The van der Waals surface area contributed by atoms with Gasteiger partial charge in [0.2, 0.25) is 11.8 Å². The number of nitrogen functional groups attached to an aromatic ring is 2. The quantitative estimate of drug-likeness (QED) is 0.0983. The average Bonchev–Trinajstić information content (AvgIpc) is 3.35. The van der Waals surface area contributed by atoms with Crippen LogP contribution in [-0.4, -0.2) is 150 Å². The van der Waals surface area contributed by atoms with Crippen molar-refractivity contribution in [1.82, 2.24) is 38.2 Å². The van der Waals surface area contributed by atoms with E-state index in [4.69, 9.17) is 67.3 Å². The van der Waals surface area contributed by atoms with E-state index < -0.39 is 77.8 Å². The molecule has 8 unspecified atom stereocenters. The van der Waals surface area contributed by atoms with Crippen molar-refractivity contribution < 1.29 is 83.7 Å². The molecule has 8 rings (SSSR count). The second kappa shape index (κ2) is 27.7. The van der Waals surface area contributed by atoms with E-state index in [-0.39, 0.29) is 113 Å². The van der Waals surface area contributed by atoms with E-state index in [1.807, 2.05) is 0 Å². The zero-order chi connectivity index (χ0) is 55.8. The fourth-order valence-electron chi connectivity index (χ4n) is 6.23. The highest BCUT2D eigenvalue weighted by molar-refractivity contribution is 7.54.